The van der Waals surface area contributed by atoms with Gasteiger partial charge < -0.3 is 5.32 Å². The van der Waals surface area contributed by atoms with E-state index in [1.807, 2.05) is 0 Å². The summed E-state index contributed by atoms with van der Waals surface area (Å²) in [6.45, 7) is 7.58. The first kappa shape index (κ1) is 12.0. The normalized spacial score (nSPS) is 42.4. The minimum Gasteiger partial charge on any atom is -0.310 e. The number of fused-ring (bicyclic) bond motifs is 2. The molecule has 3 unspecified atom stereocenters. The number of hydrogen-bond acceptors (Lipinski definition) is 2. The lowest BCUT2D eigenvalue weighted by molar-refractivity contribution is 0.0904. The molecule has 98 valence electrons. The van der Waals surface area contributed by atoms with Gasteiger partial charge in [0.1, 0.15) is 0 Å². The third-order valence-corrected chi connectivity index (χ3v) is 5.25. The zero-order chi connectivity index (χ0) is 11.9. The van der Waals surface area contributed by atoms with Gasteiger partial charge in [-0.3, -0.25) is 4.90 Å². The second-order valence-electron chi connectivity index (χ2n) is 7.34. The van der Waals surface area contributed by atoms with E-state index in [-0.39, 0.29) is 0 Å². The van der Waals surface area contributed by atoms with Crippen LogP contribution in [0, 0.1) is 5.41 Å². The van der Waals surface area contributed by atoms with Crippen LogP contribution in [0.5, 0.6) is 0 Å². The molecule has 0 aromatic carbocycles. The van der Waals surface area contributed by atoms with Crippen molar-refractivity contribution in [2.75, 3.05) is 13.1 Å². The Kier molecular flexibility index (Phi) is 3.20. The van der Waals surface area contributed by atoms with Crippen molar-refractivity contribution in [3.05, 3.63) is 0 Å². The van der Waals surface area contributed by atoms with Crippen LogP contribution in [0.15, 0.2) is 0 Å². The summed E-state index contributed by atoms with van der Waals surface area (Å²) in [6.07, 6.45) is 9.96. The van der Waals surface area contributed by atoms with Crippen LogP contribution in [0.2, 0.25) is 0 Å². The third kappa shape index (κ3) is 2.68. The van der Waals surface area contributed by atoms with Crippen molar-refractivity contribution < 1.29 is 0 Å². The molecule has 2 heterocycles. The maximum atomic E-state index is 3.80. The largest absolute Gasteiger partial charge is 0.310 e. The monoisotopic (exact) mass is 236 g/mol. The maximum absolute atomic E-state index is 3.80. The fourth-order valence-corrected chi connectivity index (χ4v) is 4.27. The van der Waals surface area contributed by atoms with Gasteiger partial charge >= 0.3 is 0 Å². The van der Waals surface area contributed by atoms with E-state index in [2.05, 4.69) is 24.1 Å². The summed E-state index contributed by atoms with van der Waals surface area (Å²) in [7, 11) is 0. The number of hydrogen-bond donors (Lipinski definition) is 1. The molecule has 2 aliphatic heterocycles. The van der Waals surface area contributed by atoms with E-state index in [0.29, 0.717) is 5.41 Å². The van der Waals surface area contributed by atoms with Crippen molar-refractivity contribution in [3.63, 3.8) is 0 Å². The van der Waals surface area contributed by atoms with E-state index in [0.717, 1.165) is 18.1 Å². The predicted molar refractivity (Wildman–Crippen MR) is 72.2 cm³/mol. The van der Waals surface area contributed by atoms with Gasteiger partial charge in [-0.25, -0.2) is 0 Å². The van der Waals surface area contributed by atoms with Gasteiger partial charge in [-0.05, 0) is 50.5 Å². The van der Waals surface area contributed by atoms with Gasteiger partial charge in [0.05, 0.1) is 0 Å². The van der Waals surface area contributed by atoms with Gasteiger partial charge in [-0.15, -0.1) is 0 Å². The molecule has 1 N–H and O–H groups in total. The molecule has 1 saturated carbocycles. The molecule has 1 aliphatic carbocycles. The Morgan fingerprint density at radius 2 is 1.88 bits per heavy atom. The Labute approximate surface area is 106 Å². The molecule has 2 nitrogen and oxygen atoms in total. The molecule has 0 aromatic heterocycles. The Morgan fingerprint density at radius 1 is 1.06 bits per heavy atom. The SMILES string of the molecule is CC1(C)CCCC(N2CCC3CCC(C2)N3)C1. The van der Waals surface area contributed by atoms with Crippen molar-refractivity contribution in [2.45, 2.75) is 76.9 Å². The van der Waals surface area contributed by atoms with E-state index >= 15 is 0 Å². The first-order valence-electron chi connectivity index (χ1n) is 7.62. The molecule has 3 aliphatic rings. The molecule has 0 aromatic rings. The minimum atomic E-state index is 0.585. The van der Waals surface area contributed by atoms with E-state index in [1.165, 1.54) is 58.0 Å². The summed E-state index contributed by atoms with van der Waals surface area (Å²) in [4.78, 5) is 2.82. The van der Waals surface area contributed by atoms with Crippen LogP contribution in [0.3, 0.4) is 0 Å². The summed E-state index contributed by atoms with van der Waals surface area (Å²) in [6, 6.07) is 2.51. The lowest BCUT2D eigenvalue weighted by Crippen LogP contribution is -2.45. The molecule has 0 spiro atoms. The van der Waals surface area contributed by atoms with Crippen molar-refractivity contribution in [1.29, 1.82) is 0 Å². The Bertz CT molecular complexity index is 274. The van der Waals surface area contributed by atoms with Crippen LogP contribution in [-0.4, -0.2) is 36.1 Å². The predicted octanol–water partition coefficient (Wildman–Crippen LogP) is 2.78. The van der Waals surface area contributed by atoms with Gasteiger partial charge in [-0.2, -0.15) is 0 Å². The summed E-state index contributed by atoms with van der Waals surface area (Å²) >= 11 is 0. The highest BCUT2D eigenvalue weighted by Gasteiger charge is 2.35. The highest BCUT2D eigenvalue weighted by Crippen LogP contribution is 2.38. The van der Waals surface area contributed by atoms with Gasteiger partial charge in [0.25, 0.3) is 0 Å². The molecular formula is C15H28N2. The average Bonchev–Trinajstić information content (AvgIpc) is 2.56. The van der Waals surface area contributed by atoms with Gasteiger partial charge in [-0.1, -0.05) is 20.3 Å². The van der Waals surface area contributed by atoms with Gasteiger partial charge in [0.15, 0.2) is 0 Å². The van der Waals surface area contributed by atoms with Gasteiger partial charge in [0.2, 0.25) is 0 Å². The third-order valence-electron chi connectivity index (χ3n) is 5.25. The van der Waals surface area contributed by atoms with Crippen LogP contribution in [0.25, 0.3) is 0 Å². The van der Waals surface area contributed by atoms with E-state index in [4.69, 9.17) is 0 Å². The summed E-state index contributed by atoms with van der Waals surface area (Å²) in [5.74, 6) is 0. The second-order valence-corrected chi connectivity index (χ2v) is 7.34. The molecule has 0 radical (unpaired) electrons. The standard InChI is InChI=1S/C15H28N2/c1-15(2)8-3-4-14(10-15)17-9-7-12-5-6-13(11-17)16-12/h12-14,16H,3-11H2,1-2H3. The quantitative estimate of drug-likeness (QED) is 0.753. The molecule has 0 amide bonds. The summed E-state index contributed by atoms with van der Waals surface area (Å²) in [5.41, 5.74) is 0.585. The fourth-order valence-electron chi connectivity index (χ4n) is 4.27. The summed E-state index contributed by atoms with van der Waals surface area (Å²) in [5, 5.41) is 3.80. The van der Waals surface area contributed by atoms with Crippen molar-refractivity contribution in [3.8, 4) is 0 Å². The molecule has 17 heavy (non-hydrogen) atoms. The van der Waals surface area contributed by atoms with E-state index in [9.17, 15) is 0 Å². The zero-order valence-electron chi connectivity index (χ0n) is 11.5. The molecule has 2 heteroatoms. The Morgan fingerprint density at radius 3 is 2.71 bits per heavy atom. The Balaban J connectivity index is 1.63. The molecule has 2 bridgehead atoms. The second kappa shape index (κ2) is 4.55. The number of nitrogens with zero attached hydrogens (tertiary/aromatic N) is 1. The molecule has 2 saturated heterocycles. The van der Waals surface area contributed by atoms with Crippen molar-refractivity contribution in [1.82, 2.24) is 10.2 Å². The maximum Gasteiger partial charge on any atom is 0.0198 e. The van der Waals surface area contributed by atoms with Crippen molar-refractivity contribution >= 4 is 0 Å². The van der Waals surface area contributed by atoms with E-state index in [1.54, 1.807) is 0 Å². The van der Waals surface area contributed by atoms with Crippen LogP contribution in [0.4, 0.5) is 0 Å². The Hall–Kier alpha value is -0.0800. The first-order valence-corrected chi connectivity index (χ1v) is 7.62. The first-order chi connectivity index (χ1) is 8.12. The van der Waals surface area contributed by atoms with E-state index < -0.39 is 0 Å². The number of nitrogens with one attached hydrogen (secondary N) is 1. The topological polar surface area (TPSA) is 15.3 Å². The number of likely N-dealkylation sites (tertiary alicyclic amines) is 1. The lowest BCUT2D eigenvalue weighted by atomic mass is 9.74. The highest BCUT2D eigenvalue weighted by atomic mass is 15.2. The summed E-state index contributed by atoms with van der Waals surface area (Å²) < 4.78 is 0. The van der Waals surface area contributed by atoms with Crippen LogP contribution < -0.4 is 5.32 Å². The zero-order valence-corrected chi connectivity index (χ0v) is 11.5. The van der Waals surface area contributed by atoms with Crippen molar-refractivity contribution in [2.24, 2.45) is 5.41 Å². The molecular weight excluding hydrogens is 208 g/mol. The molecule has 3 atom stereocenters. The molecule has 3 fully saturated rings. The average molecular weight is 236 g/mol. The fraction of sp³-hybridized carbons (Fsp3) is 1.00. The van der Waals surface area contributed by atoms with Crippen LogP contribution in [0.1, 0.15) is 58.8 Å². The smallest absolute Gasteiger partial charge is 0.0198 e. The minimum absolute atomic E-state index is 0.585. The van der Waals surface area contributed by atoms with Gasteiger partial charge in [0, 0.05) is 24.7 Å². The number of rotatable bonds is 1. The molecule has 3 rings (SSSR count). The highest BCUT2D eigenvalue weighted by molar-refractivity contribution is 4.93. The van der Waals surface area contributed by atoms with Crippen LogP contribution >= 0.6 is 0 Å². The lowest BCUT2D eigenvalue weighted by Gasteiger charge is -2.41. The van der Waals surface area contributed by atoms with Crippen LogP contribution in [-0.2, 0) is 0 Å².